The molecule has 136 valence electrons. The zero-order valence-electron chi connectivity index (χ0n) is 14.6. The number of benzene rings is 1. The zero-order valence-corrected chi connectivity index (χ0v) is 15.4. The molecule has 1 amide bonds. The summed E-state index contributed by atoms with van der Waals surface area (Å²) < 4.78 is 2.03. The summed E-state index contributed by atoms with van der Waals surface area (Å²) in [5.74, 6) is 1.56. The maximum atomic E-state index is 12.2. The van der Waals surface area contributed by atoms with Crippen molar-refractivity contribution in [3.8, 4) is 17.0 Å². The first-order valence-corrected chi connectivity index (χ1v) is 9.22. The second kappa shape index (κ2) is 8.05. The molecule has 0 bridgehead atoms. The smallest absolute Gasteiger partial charge is 0.269 e. The topological polar surface area (TPSA) is 109 Å². The number of aromatic amines is 1. The fourth-order valence-electron chi connectivity index (χ4n) is 2.45. The van der Waals surface area contributed by atoms with Crippen molar-refractivity contribution in [2.45, 2.75) is 25.5 Å². The molecule has 2 aromatic heterocycles. The van der Waals surface area contributed by atoms with Crippen LogP contribution in [0.5, 0.6) is 5.75 Å². The molecule has 0 saturated heterocycles. The van der Waals surface area contributed by atoms with Gasteiger partial charge in [-0.2, -0.15) is 5.10 Å². The summed E-state index contributed by atoms with van der Waals surface area (Å²) >= 11 is 1.56. The average Bonchev–Trinajstić information content (AvgIpc) is 3.26. The number of aromatic nitrogens is 5. The Balaban J connectivity index is 1.51. The Bertz CT molecular complexity index is 887. The van der Waals surface area contributed by atoms with Crippen molar-refractivity contribution in [2.75, 3.05) is 12.3 Å². The summed E-state index contributed by atoms with van der Waals surface area (Å²) in [6.45, 7) is 5.30. The van der Waals surface area contributed by atoms with E-state index in [4.69, 9.17) is 0 Å². The lowest BCUT2D eigenvalue weighted by Crippen LogP contribution is -2.26. The second-order valence-electron chi connectivity index (χ2n) is 5.59. The van der Waals surface area contributed by atoms with Crippen molar-refractivity contribution >= 4 is 17.7 Å². The number of aromatic hydroxyl groups is 1. The summed E-state index contributed by atoms with van der Waals surface area (Å²) in [5, 5.41) is 28.1. The lowest BCUT2D eigenvalue weighted by Gasteiger charge is -2.05. The molecule has 0 aliphatic carbocycles. The van der Waals surface area contributed by atoms with Gasteiger partial charge in [-0.15, -0.1) is 10.2 Å². The Morgan fingerprint density at radius 1 is 1.31 bits per heavy atom. The Hall–Kier alpha value is -2.81. The van der Waals surface area contributed by atoms with Crippen LogP contribution in [0.25, 0.3) is 11.3 Å². The number of rotatable bonds is 7. The minimum atomic E-state index is -0.212. The van der Waals surface area contributed by atoms with E-state index >= 15 is 0 Å². The largest absolute Gasteiger partial charge is 0.508 e. The van der Waals surface area contributed by atoms with Gasteiger partial charge in [0.2, 0.25) is 0 Å². The van der Waals surface area contributed by atoms with Gasteiger partial charge in [-0.1, -0.05) is 11.8 Å². The number of nitrogens with zero attached hydrogens (tertiary/aromatic N) is 4. The summed E-state index contributed by atoms with van der Waals surface area (Å²) in [5.41, 5.74) is 1.87. The van der Waals surface area contributed by atoms with E-state index in [-0.39, 0.29) is 11.7 Å². The third-order valence-electron chi connectivity index (χ3n) is 3.82. The number of aryl methyl sites for hydroxylation is 1. The molecule has 26 heavy (non-hydrogen) atoms. The number of thioether (sulfide) groups is 1. The first-order valence-electron chi connectivity index (χ1n) is 8.24. The van der Waals surface area contributed by atoms with E-state index in [0.29, 0.717) is 23.7 Å². The molecule has 0 aliphatic rings. The van der Waals surface area contributed by atoms with Gasteiger partial charge in [0.15, 0.2) is 5.16 Å². The number of phenolic OH excluding ortho intramolecular Hbond substituents is 1. The van der Waals surface area contributed by atoms with Gasteiger partial charge in [0.1, 0.15) is 17.3 Å². The number of H-pyrrole nitrogens is 1. The highest BCUT2D eigenvalue weighted by molar-refractivity contribution is 7.99. The van der Waals surface area contributed by atoms with Gasteiger partial charge in [-0.25, -0.2) is 0 Å². The van der Waals surface area contributed by atoms with E-state index < -0.39 is 0 Å². The number of phenols is 1. The van der Waals surface area contributed by atoms with Crippen LogP contribution in [0.15, 0.2) is 35.5 Å². The predicted octanol–water partition coefficient (Wildman–Crippen LogP) is 2.22. The molecule has 0 atom stereocenters. The number of nitrogens with one attached hydrogen (secondary N) is 2. The van der Waals surface area contributed by atoms with Gasteiger partial charge in [-0.05, 0) is 44.2 Å². The van der Waals surface area contributed by atoms with Crippen LogP contribution in [0.2, 0.25) is 0 Å². The maximum absolute atomic E-state index is 12.2. The van der Waals surface area contributed by atoms with E-state index in [2.05, 4.69) is 25.7 Å². The molecule has 3 aromatic rings. The number of hydrogen-bond donors (Lipinski definition) is 3. The maximum Gasteiger partial charge on any atom is 0.269 e. The number of carbonyl (C=O) groups excluding carboxylic acids is 1. The third-order valence-corrected chi connectivity index (χ3v) is 4.79. The summed E-state index contributed by atoms with van der Waals surface area (Å²) in [6.07, 6.45) is 0. The molecule has 0 fully saturated rings. The Labute approximate surface area is 155 Å². The minimum Gasteiger partial charge on any atom is -0.508 e. The van der Waals surface area contributed by atoms with E-state index in [1.165, 1.54) is 0 Å². The third kappa shape index (κ3) is 4.05. The van der Waals surface area contributed by atoms with Crippen LogP contribution in [0.4, 0.5) is 0 Å². The molecule has 0 radical (unpaired) electrons. The van der Waals surface area contributed by atoms with Crippen LogP contribution in [0, 0.1) is 6.92 Å². The lowest BCUT2D eigenvalue weighted by molar-refractivity contribution is 0.0951. The van der Waals surface area contributed by atoms with Gasteiger partial charge >= 0.3 is 0 Å². The zero-order chi connectivity index (χ0) is 18.5. The van der Waals surface area contributed by atoms with Crippen molar-refractivity contribution in [1.82, 2.24) is 30.3 Å². The van der Waals surface area contributed by atoms with Crippen molar-refractivity contribution in [2.24, 2.45) is 0 Å². The van der Waals surface area contributed by atoms with Crippen LogP contribution in [-0.2, 0) is 6.54 Å². The Morgan fingerprint density at radius 2 is 2.08 bits per heavy atom. The molecule has 3 N–H and O–H groups in total. The van der Waals surface area contributed by atoms with Gasteiger partial charge < -0.3 is 15.0 Å². The molecule has 0 spiro atoms. The molecule has 2 heterocycles. The quantitative estimate of drug-likeness (QED) is 0.433. The van der Waals surface area contributed by atoms with Crippen molar-refractivity contribution in [3.63, 3.8) is 0 Å². The van der Waals surface area contributed by atoms with Crippen molar-refractivity contribution in [1.29, 1.82) is 0 Å². The summed E-state index contributed by atoms with van der Waals surface area (Å²) in [4.78, 5) is 12.2. The fraction of sp³-hybridized carbons (Fsp3) is 0.294. The molecule has 1 aromatic carbocycles. The molecule has 9 heteroatoms. The van der Waals surface area contributed by atoms with Crippen LogP contribution in [0.3, 0.4) is 0 Å². The molecule has 0 saturated carbocycles. The lowest BCUT2D eigenvalue weighted by atomic mass is 10.1. The number of carbonyl (C=O) groups is 1. The van der Waals surface area contributed by atoms with E-state index in [1.807, 2.05) is 18.4 Å². The average molecular weight is 372 g/mol. The first-order chi connectivity index (χ1) is 12.6. The van der Waals surface area contributed by atoms with Crippen molar-refractivity contribution < 1.29 is 9.90 Å². The summed E-state index contributed by atoms with van der Waals surface area (Å²) in [6, 6.07) is 8.34. The van der Waals surface area contributed by atoms with E-state index in [0.717, 1.165) is 23.1 Å². The highest BCUT2D eigenvalue weighted by Crippen LogP contribution is 2.20. The molecule has 3 rings (SSSR count). The van der Waals surface area contributed by atoms with Crippen LogP contribution < -0.4 is 5.32 Å². The molecular weight excluding hydrogens is 352 g/mol. The highest BCUT2D eigenvalue weighted by atomic mass is 32.2. The highest BCUT2D eigenvalue weighted by Gasteiger charge is 2.12. The van der Waals surface area contributed by atoms with E-state index in [1.54, 1.807) is 42.1 Å². The van der Waals surface area contributed by atoms with Gasteiger partial charge in [0, 0.05) is 24.4 Å². The molecular formula is C17H20N6O2S. The molecule has 0 aliphatic heterocycles. The van der Waals surface area contributed by atoms with Crippen LogP contribution in [0.1, 0.15) is 23.2 Å². The Kier molecular flexibility index (Phi) is 5.57. The normalized spacial score (nSPS) is 10.8. The minimum absolute atomic E-state index is 0.189. The molecule has 8 nitrogen and oxygen atoms in total. The number of hydrogen-bond acceptors (Lipinski definition) is 6. The predicted molar refractivity (Wildman–Crippen MR) is 99.2 cm³/mol. The van der Waals surface area contributed by atoms with Gasteiger partial charge in [0.05, 0.1) is 5.69 Å². The molecule has 0 unspecified atom stereocenters. The standard InChI is InChI=1S/C17H20N6O2S/c1-3-23-11(2)19-22-17(23)26-9-8-18-16(25)15-10-14(20-21-15)12-4-6-13(24)7-5-12/h4-7,10,24H,3,8-9H2,1-2H3,(H,18,25)(H,20,21). The van der Waals surface area contributed by atoms with Crippen molar-refractivity contribution in [3.05, 3.63) is 41.9 Å². The van der Waals surface area contributed by atoms with Gasteiger partial charge in [-0.3, -0.25) is 9.89 Å². The Morgan fingerprint density at radius 3 is 2.81 bits per heavy atom. The SMILES string of the molecule is CCn1c(C)nnc1SCCNC(=O)c1cc(-c2ccc(O)cc2)n[nH]1. The van der Waals surface area contributed by atoms with E-state index in [9.17, 15) is 9.90 Å². The van der Waals surface area contributed by atoms with Crippen LogP contribution >= 0.6 is 11.8 Å². The number of amides is 1. The summed E-state index contributed by atoms with van der Waals surface area (Å²) in [7, 11) is 0. The van der Waals surface area contributed by atoms with Gasteiger partial charge in [0.25, 0.3) is 5.91 Å². The van der Waals surface area contributed by atoms with Crippen LogP contribution in [-0.4, -0.2) is 48.3 Å². The first kappa shape index (κ1) is 18.0. The monoisotopic (exact) mass is 372 g/mol. The second-order valence-corrected chi connectivity index (χ2v) is 6.65. The fourth-order valence-corrected chi connectivity index (χ4v) is 3.35.